The van der Waals surface area contributed by atoms with E-state index in [4.69, 9.17) is 4.74 Å². The fourth-order valence-electron chi connectivity index (χ4n) is 1.32. The minimum atomic E-state index is -4.47. The molecule has 1 heterocycles. The number of halogens is 5. The molecule has 0 aliphatic heterocycles. The van der Waals surface area contributed by atoms with Gasteiger partial charge >= 0.3 is 6.18 Å². The lowest BCUT2D eigenvalue weighted by molar-refractivity contribution is -0.146. The molecule has 19 heavy (non-hydrogen) atoms. The summed E-state index contributed by atoms with van der Waals surface area (Å²) < 4.78 is 44.7. The van der Waals surface area contributed by atoms with E-state index in [-0.39, 0.29) is 16.1 Å². The molecule has 0 bridgehead atoms. The van der Waals surface area contributed by atoms with Crippen molar-refractivity contribution in [2.24, 2.45) is 0 Å². The van der Waals surface area contributed by atoms with E-state index in [9.17, 15) is 13.2 Å². The van der Waals surface area contributed by atoms with Crippen molar-refractivity contribution in [3.63, 3.8) is 0 Å². The van der Waals surface area contributed by atoms with Crippen LogP contribution in [0.5, 0.6) is 0 Å². The van der Waals surface area contributed by atoms with Gasteiger partial charge in [0.25, 0.3) is 0 Å². The molecule has 1 aromatic heterocycles. The summed E-state index contributed by atoms with van der Waals surface area (Å²) in [5, 5.41) is 0. The van der Waals surface area contributed by atoms with Crippen LogP contribution >= 0.6 is 31.9 Å². The van der Waals surface area contributed by atoms with Gasteiger partial charge in [0.15, 0.2) is 10.4 Å². The van der Waals surface area contributed by atoms with Gasteiger partial charge in [0.2, 0.25) is 0 Å². The number of hydrogen-bond donors (Lipinski definition) is 0. The molecule has 0 saturated heterocycles. The van der Waals surface area contributed by atoms with E-state index in [1.54, 1.807) is 0 Å². The monoisotopic (exact) mass is 422 g/mol. The Hall–Kier alpha value is 0.137. The smallest absolute Gasteiger partial charge is 0.361 e. The minimum Gasteiger partial charge on any atom is -0.361 e. The third-order valence-electron chi connectivity index (χ3n) is 2.36. The normalized spacial score (nSPS) is 13.1. The Morgan fingerprint density at radius 2 is 1.84 bits per heavy atom. The highest BCUT2D eigenvalue weighted by Crippen LogP contribution is 2.36. The van der Waals surface area contributed by atoms with Crippen LogP contribution in [0.15, 0.2) is 9.34 Å². The summed E-state index contributed by atoms with van der Waals surface area (Å²) in [7, 11) is -1.25. The van der Waals surface area contributed by atoms with E-state index >= 15 is 0 Å². The molecule has 0 spiro atoms. The Labute approximate surface area is 127 Å². The largest absolute Gasteiger partial charge is 0.434 e. The van der Waals surface area contributed by atoms with Gasteiger partial charge in [0.1, 0.15) is 11.3 Å². The van der Waals surface area contributed by atoms with Crippen LogP contribution in [-0.2, 0) is 17.6 Å². The zero-order valence-corrected chi connectivity index (χ0v) is 15.0. The molecule has 0 amide bonds. The fraction of sp³-hybridized carbons (Fsp3) is 0.700. The number of nitrogens with zero attached hydrogens (tertiary/aromatic N) is 2. The molecule has 1 rings (SSSR count). The Morgan fingerprint density at radius 1 is 1.26 bits per heavy atom. The Bertz CT molecular complexity index is 443. The molecule has 3 nitrogen and oxygen atoms in total. The number of imidazole rings is 1. The number of alkyl halides is 3. The van der Waals surface area contributed by atoms with Crippen molar-refractivity contribution in [3.05, 3.63) is 15.0 Å². The second kappa shape index (κ2) is 6.27. The van der Waals surface area contributed by atoms with Gasteiger partial charge in [-0.2, -0.15) is 13.2 Å². The summed E-state index contributed by atoms with van der Waals surface area (Å²) in [4.78, 5) is 3.71. The SMILES string of the molecule is C[Si](C)(C)CCOCn1c(Br)nc(Br)c1C(F)(F)F. The molecule has 9 heteroatoms. The quantitative estimate of drug-likeness (QED) is 0.505. The Balaban J connectivity index is 2.74. The molecule has 0 aliphatic rings. The maximum absolute atomic E-state index is 12.9. The summed E-state index contributed by atoms with van der Waals surface area (Å²) in [5.41, 5.74) is -0.840. The third kappa shape index (κ3) is 5.20. The van der Waals surface area contributed by atoms with Gasteiger partial charge in [0, 0.05) is 14.7 Å². The lowest BCUT2D eigenvalue weighted by Crippen LogP contribution is -2.22. The van der Waals surface area contributed by atoms with E-state index in [1.165, 1.54) is 0 Å². The summed E-state index contributed by atoms with van der Waals surface area (Å²) in [6.45, 7) is 6.83. The predicted molar refractivity (Wildman–Crippen MR) is 76.7 cm³/mol. The second-order valence-corrected chi connectivity index (χ2v) is 12.4. The zero-order chi connectivity index (χ0) is 14.8. The molecule has 0 N–H and O–H groups in total. The van der Waals surface area contributed by atoms with Crippen molar-refractivity contribution in [3.8, 4) is 0 Å². The van der Waals surface area contributed by atoms with Crippen LogP contribution in [0, 0.1) is 0 Å². The van der Waals surface area contributed by atoms with Crippen LogP contribution in [0.3, 0.4) is 0 Å². The fourth-order valence-corrected chi connectivity index (χ4v) is 3.38. The standard InChI is InChI=1S/C10H15Br2F3N2OSi/c1-19(2,3)5-4-18-6-17-7(10(13,14)15)8(11)16-9(17)12/h4-6H2,1-3H3. The van der Waals surface area contributed by atoms with E-state index in [1.807, 2.05) is 0 Å². The van der Waals surface area contributed by atoms with Gasteiger partial charge in [-0.25, -0.2) is 4.98 Å². The van der Waals surface area contributed by atoms with Crippen molar-refractivity contribution in [2.45, 2.75) is 38.6 Å². The van der Waals surface area contributed by atoms with Crippen molar-refractivity contribution in [2.75, 3.05) is 6.61 Å². The lowest BCUT2D eigenvalue weighted by atomic mass is 10.4. The minimum absolute atomic E-state index is 0.0969. The maximum Gasteiger partial charge on any atom is 0.434 e. The van der Waals surface area contributed by atoms with Gasteiger partial charge in [-0.05, 0) is 37.9 Å². The van der Waals surface area contributed by atoms with Crippen molar-refractivity contribution in [1.82, 2.24) is 9.55 Å². The van der Waals surface area contributed by atoms with E-state index in [2.05, 4.69) is 56.5 Å². The summed E-state index contributed by atoms with van der Waals surface area (Å²) in [5.74, 6) is 0. The highest BCUT2D eigenvalue weighted by atomic mass is 79.9. The molecular weight excluding hydrogens is 409 g/mol. The molecule has 0 aliphatic carbocycles. The van der Waals surface area contributed by atoms with Crippen LogP contribution in [0.4, 0.5) is 13.2 Å². The first-order valence-corrected chi connectivity index (χ1v) is 10.9. The van der Waals surface area contributed by atoms with Gasteiger partial charge < -0.3 is 4.74 Å². The molecule has 0 fully saturated rings. The topological polar surface area (TPSA) is 27.1 Å². The molecular formula is C10H15Br2F3N2OSi. The molecule has 0 aromatic carbocycles. The number of aromatic nitrogens is 2. The first-order valence-electron chi connectivity index (χ1n) is 5.59. The summed E-state index contributed by atoms with van der Waals surface area (Å²) in [6.07, 6.45) is -4.47. The number of hydrogen-bond acceptors (Lipinski definition) is 2. The lowest BCUT2D eigenvalue weighted by Gasteiger charge is -2.17. The highest BCUT2D eigenvalue weighted by molar-refractivity contribution is 9.11. The number of ether oxygens (including phenoxy) is 1. The molecule has 110 valence electrons. The Morgan fingerprint density at radius 3 is 2.32 bits per heavy atom. The molecule has 0 saturated carbocycles. The van der Waals surface area contributed by atoms with Gasteiger partial charge in [-0.3, -0.25) is 4.57 Å². The van der Waals surface area contributed by atoms with Crippen LogP contribution < -0.4 is 0 Å². The van der Waals surface area contributed by atoms with Gasteiger partial charge in [-0.1, -0.05) is 19.6 Å². The average Bonchev–Trinajstić information content (AvgIpc) is 2.46. The predicted octanol–water partition coefficient (Wildman–Crippen LogP) is 4.74. The number of rotatable bonds is 5. The maximum atomic E-state index is 12.9. The molecule has 0 unspecified atom stereocenters. The molecule has 0 atom stereocenters. The molecule has 0 radical (unpaired) electrons. The van der Waals surface area contributed by atoms with Gasteiger partial charge in [0.05, 0.1) is 0 Å². The van der Waals surface area contributed by atoms with Crippen molar-refractivity contribution >= 4 is 39.9 Å². The third-order valence-corrected chi connectivity index (χ3v) is 5.23. The van der Waals surface area contributed by atoms with Crippen LogP contribution in [0.25, 0.3) is 0 Å². The zero-order valence-electron chi connectivity index (χ0n) is 10.8. The highest BCUT2D eigenvalue weighted by Gasteiger charge is 2.39. The summed E-state index contributed by atoms with van der Waals surface area (Å²) >= 11 is 5.82. The molecule has 1 aromatic rings. The van der Waals surface area contributed by atoms with Crippen molar-refractivity contribution < 1.29 is 17.9 Å². The first kappa shape index (κ1) is 17.2. The second-order valence-electron chi connectivity index (χ2n) is 5.29. The van der Waals surface area contributed by atoms with E-state index in [0.717, 1.165) is 10.6 Å². The van der Waals surface area contributed by atoms with Crippen LogP contribution in [0.2, 0.25) is 25.7 Å². The van der Waals surface area contributed by atoms with Crippen molar-refractivity contribution in [1.29, 1.82) is 0 Å². The summed E-state index contributed by atoms with van der Waals surface area (Å²) in [6, 6.07) is 0.905. The van der Waals surface area contributed by atoms with Gasteiger partial charge in [-0.15, -0.1) is 0 Å². The van der Waals surface area contributed by atoms with E-state index in [0.29, 0.717) is 6.61 Å². The van der Waals surface area contributed by atoms with Crippen LogP contribution in [-0.4, -0.2) is 24.2 Å². The first-order chi connectivity index (χ1) is 8.52. The van der Waals surface area contributed by atoms with E-state index < -0.39 is 19.9 Å². The Kier molecular flexibility index (Phi) is 5.68. The van der Waals surface area contributed by atoms with Crippen LogP contribution in [0.1, 0.15) is 5.69 Å². The average molecular weight is 424 g/mol.